The van der Waals surface area contributed by atoms with Gasteiger partial charge >= 0.3 is 0 Å². The van der Waals surface area contributed by atoms with Crippen LogP contribution in [0.25, 0.3) is 0 Å². The minimum absolute atomic E-state index is 0.0442. The topological polar surface area (TPSA) is 70.2 Å². The minimum atomic E-state index is -0.0442. The van der Waals surface area contributed by atoms with Crippen molar-refractivity contribution in [3.63, 3.8) is 0 Å². The number of carbonyl (C=O) groups excluding carboxylic acids is 1. The largest absolute Gasteiger partial charge is 0.383 e. The van der Waals surface area contributed by atoms with Crippen LogP contribution in [0.1, 0.15) is 48.2 Å². The van der Waals surface area contributed by atoms with E-state index in [1.807, 2.05) is 0 Å². The van der Waals surface area contributed by atoms with Gasteiger partial charge in [-0.1, -0.05) is 13.8 Å². The van der Waals surface area contributed by atoms with Crippen molar-refractivity contribution in [2.75, 3.05) is 39.9 Å². The Morgan fingerprint density at radius 1 is 1.45 bits per heavy atom. The van der Waals surface area contributed by atoms with E-state index in [0.717, 1.165) is 50.6 Å². The number of hydrogen-bond donors (Lipinski definition) is 2. The summed E-state index contributed by atoms with van der Waals surface area (Å²) >= 11 is 0. The first-order valence-corrected chi connectivity index (χ1v) is 8.07. The summed E-state index contributed by atoms with van der Waals surface area (Å²) < 4.78 is 5.14. The third-order valence-corrected chi connectivity index (χ3v) is 4.67. The number of rotatable bonds is 4. The van der Waals surface area contributed by atoms with Gasteiger partial charge in [-0.3, -0.25) is 4.79 Å². The summed E-state index contributed by atoms with van der Waals surface area (Å²) in [4.78, 5) is 22.7. The Kier molecular flexibility index (Phi) is 4.23. The van der Waals surface area contributed by atoms with Crippen LogP contribution < -0.4 is 5.32 Å². The van der Waals surface area contributed by atoms with E-state index in [4.69, 9.17) is 4.74 Å². The van der Waals surface area contributed by atoms with Crippen molar-refractivity contribution >= 4 is 5.91 Å². The maximum atomic E-state index is 12.2. The summed E-state index contributed by atoms with van der Waals surface area (Å²) in [7, 11) is 1.73. The fourth-order valence-corrected chi connectivity index (χ4v) is 3.36. The molecule has 0 radical (unpaired) electrons. The summed E-state index contributed by atoms with van der Waals surface area (Å²) in [5.74, 6) is 1.31. The lowest BCUT2D eigenvalue weighted by Crippen LogP contribution is -2.32. The summed E-state index contributed by atoms with van der Waals surface area (Å²) in [6.45, 7) is 8.81. The van der Waals surface area contributed by atoms with Crippen LogP contribution in [0.5, 0.6) is 0 Å². The normalized spacial score (nSPS) is 24.9. The van der Waals surface area contributed by atoms with E-state index in [1.54, 1.807) is 7.11 Å². The van der Waals surface area contributed by atoms with E-state index in [9.17, 15) is 4.79 Å². The summed E-state index contributed by atoms with van der Waals surface area (Å²) in [5.41, 5.74) is 1.64. The molecule has 22 heavy (non-hydrogen) atoms. The van der Waals surface area contributed by atoms with Gasteiger partial charge in [0, 0.05) is 38.4 Å². The lowest BCUT2D eigenvalue weighted by atomic mass is 9.88. The number of aromatic amines is 1. The van der Waals surface area contributed by atoms with Crippen molar-refractivity contribution in [2.45, 2.75) is 32.6 Å². The number of fused-ring (bicyclic) bond motifs is 1. The van der Waals surface area contributed by atoms with Gasteiger partial charge in [-0.25, -0.2) is 4.98 Å². The molecule has 0 bridgehead atoms. The van der Waals surface area contributed by atoms with E-state index in [1.165, 1.54) is 0 Å². The Labute approximate surface area is 131 Å². The summed E-state index contributed by atoms with van der Waals surface area (Å²) in [6.07, 6.45) is 1.94. The van der Waals surface area contributed by atoms with Crippen molar-refractivity contribution in [2.24, 2.45) is 5.41 Å². The number of aromatic nitrogens is 2. The van der Waals surface area contributed by atoms with Crippen LogP contribution in [0.15, 0.2) is 0 Å². The van der Waals surface area contributed by atoms with E-state index in [2.05, 4.69) is 34.0 Å². The van der Waals surface area contributed by atoms with Crippen LogP contribution in [0.4, 0.5) is 0 Å². The molecule has 3 heterocycles. The third kappa shape index (κ3) is 3.17. The van der Waals surface area contributed by atoms with Gasteiger partial charge in [-0.2, -0.15) is 0 Å². The zero-order valence-electron chi connectivity index (χ0n) is 13.7. The van der Waals surface area contributed by atoms with Crippen LogP contribution in [0, 0.1) is 5.41 Å². The number of H-pyrrole nitrogens is 1. The number of methoxy groups -OCH3 is 1. The molecule has 0 saturated carbocycles. The molecule has 2 aliphatic heterocycles. The monoisotopic (exact) mass is 306 g/mol. The first kappa shape index (κ1) is 15.5. The molecule has 6 heteroatoms. The molecular weight excluding hydrogens is 280 g/mol. The van der Waals surface area contributed by atoms with Gasteiger partial charge in [0.15, 0.2) is 0 Å². The Morgan fingerprint density at radius 3 is 3.05 bits per heavy atom. The summed E-state index contributed by atoms with van der Waals surface area (Å²) in [5, 5.41) is 2.98. The third-order valence-electron chi connectivity index (χ3n) is 4.67. The molecule has 1 aromatic heterocycles. The van der Waals surface area contributed by atoms with Gasteiger partial charge in [0.1, 0.15) is 11.5 Å². The lowest BCUT2D eigenvalue weighted by molar-refractivity contribution is 0.0940. The van der Waals surface area contributed by atoms with E-state index in [0.29, 0.717) is 18.2 Å². The highest BCUT2D eigenvalue weighted by atomic mass is 16.5. The van der Waals surface area contributed by atoms with Gasteiger partial charge < -0.3 is 19.9 Å². The number of nitrogens with zero attached hydrogens (tertiary/aromatic N) is 2. The average molecular weight is 306 g/mol. The summed E-state index contributed by atoms with van der Waals surface area (Å²) in [6, 6.07) is 0. The second kappa shape index (κ2) is 6.01. The van der Waals surface area contributed by atoms with E-state index < -0.39 is 0 Å². The molecular formula is C16H26N4O2. The highest BCUT2D eigenvalue weighted by Gasteiger charge is 2.32. The molecule has 0 aromatic carbocycles. The van der Waals surface area contributed by atoms with Crippen LogP contribution in [0.2, 0.25) is 0 Å². The second-order valence-electron chi connectivity index (χ2n) is 7.25. The first-order valence-electron chi connectivity index (χ1n) is 8.07. The number of amides is 1. The molecule has 6 nitrogen and oxygen atoms in total. The van der Waals surface area contributed by atoms with Crippen molar-refractivity contribution in [1.82, 2.24) is 20.2 Å². The van der Waals surface area contributed by atoms with Crippen molar-refractivity contribution in [3.8, 4) is 0 Å². The van der Waals surface area contributed by atoms with Crippen molar-refractivity contribution in [3.05, 3.63) is 17.2 Å². The van der Waals surface area contributed by atoms with Gasteiger partial charge in [0.25, 0.3) is 5.91 Å². The quantitative estimate of drug-likeness (QED) is 0.876. The smallest absolute Gasteiger partial charge is 0.271 e. The van der Waals surface area contributed by atoms with Gasteiger partial charge in [0.2, 0.25) is 0 Å². The number of nitrogens with one attached hydrogen (secondary N) is 2. The molecule has 1 fully saturated rings. The van der Waals surface area contributed by atoms with E-state index in [-0.39, 0.29) is 11.3 Å². The fraction of sp³-hybridized carbons (Fsp3) is 0.750. The average Bonchev–Trinajstić information content (AvgIpc) is 3.07. The number of ether oxygens (including phenoxy) is 1. The molecule has 0 unspecified atom stereocenters. The number of carbonyl (C=O) groups is 1. The zero-order chi connectivity index (χ0) is 15.7. The van der Waals surface area contributed by atoms with Crippen LogP contribution >= 0.6 is 0 Å². The standard InChI is InChI=1S/C16H26N4O2/c1-16(2)8-12-13(15(21)17-10-16)19-14(18-12)11-4-5-20(9-11)6-7-22-3/h11H,4-10H2,1-3H3,(H,17,21)(H,18,19)/t11-/m0/s1. The van der Waals surface area contributed by atoms with Crippen LogP contribution in [-0.4, -0.2) is 60.7 Å². The molecule has 2 N–H and O–H groups in total. The number of imidazole rings is 1. The van der Waals surface area contributed by atoms with E-state index >= 15 is 0 Å². The Bertz CT molecular complexity index is 552. The van der Waals surface area contributed by atoms with Gasteiger partial charge in [-0.05, 0) is 24.8 Å². The molecule has 122 valence electrons. The molecule has 1 atom stereocenters. The molecule has 1 aromatic rings. The van der Waals surface area contributed by atoms with Gasteiger partial charge in [-0.15, -0.1) is 0 Å². The lowest BCUT2D eigenvalue weighted by Gasteiger charge is -2.21. The predicted octanol–water partition coefficient (Wildman–Crippen LogP) is 1.16. The molecule has 1 amide bonds. The maximum absolute atomic E-state index is 12.2. The highest BCUT2D eigenvalue weighted by molar-refractivity contribution is 5.94. The Hall–Kier alpha value is -1.40. The number of hydrogen-bond acceptors (Lipinski definition) is 4. The van der Waals surface area contributed by atoms with Gasteiger partial charge in [0.05, 0.1) is 6.61 Å². The predicted molar refractivity (Wildman–Crippen MR) is 84.1 cm³/mol. The minimum Gasteiger partial charge on any atom is -0.383 e. The molecule has 1 saturated heterocycles. The Balaban J connectivity index is 1.75. The molecule has 0 spiro atoms. The molecule has 0 aliphatic carbocycles. The number of likely N-dealkylation sites (tertiary alicyclic amines) is 1. The SMILES string of the molecule is COCCN1CC[C@H](c2nc3c([nH]2)CC(C)(C)CNC3=O)C1. The van der Waals surface area contributed by atoms with Crippen molar-refractivity contribution in [1.29, 1.82) is 0 Å². The molecule has 2 aliphatic rings. The van der Waals surface area contributed by atoms with Crippen LogP contribution in [0.3, 0.4) is 0 Å². The maximum Gasteiger partial charge on any atom is 0.271 e. The van der Waals surface area contributed by atoms with Crippen LogP contribution in [-0.2, 0) is 11.2 Å². The molecule has 3 rings (SSSR count). The highest BCUT2D eigenvalue weighted by Crippen LogP contribution is 2.29. The fourth-order valence-electron chi connectivity index (χ4n) is 3.36. The second-order valence-corrected chi connectivity index (χ2v) is 7.25. The zero-order valence-corrected chi connectivity index (χ0v) is 13.7. The van der Waals surface area contributed by atoms with Crippen molar-refractivity contribution < 1.29 is 9.53 Å². The first-order chi connectivity index (χ1) is 10.5. The Morgan fingerprint density at radius 2 is 2.27 bits per heavy atom.